The van der Waals surface area contributed by atoms with Crippen LogP contribution in [0.25, 0.3) is 5.57 Å². The summed E-state index contributed by atoms with van der Waals surface area (Å²) in [5.41, 5.74) is 1.63. The highest BCUT2D eigenvalue weighted by atomic mass is 16.6. The number of pyridine rings is 1. The number of nitrogens with one attached hydrogen (secondary N) is 1. The third-order valence-electron chi connectivity index (χ3n) is 2.97. The maximum atomic E-state index is 11.0. The number of aromatic nitrogens is 1. The lowest BCUT2D eigenvalue weighted by Gasteiger charge is -2.07. The van der Waals surface area contributed by atoms with Crippen molar-refractivity contribution in [1.82, 2.24) is 4.98 Å². The molecule has 1 aromatic rings. The van der Waals surface area contributed by atoms with Gasteiger partial charge in [-0.15, -0.1) is 0 Å². The number of allylic oxidation sites excluding steroid dienone is 2. The van der Waals surface area contributed by atoms with Gasteiger partial charge in [0.2, 0.25) is 0 Å². The van der Waals surface area contributed by atoms with Crippen molar-refractivity contribution < 1.29 is 4.92 Å². The van der Waals surface area contributed by atoms with Gasteiger partial charge in [0, 0.05) is 12.6 Å². The summed E-state index contributed by atoms with van der Waals surface area (Å²) >= 11 is 0. The lowest BCUT2D eigenvalue weighted by atomic mass is 10.1. The molecule has 1 aliphatic carbocycles. The molecule has 1 heterocycles. The van der Waals surface area contributed by atoms with E-state index in [1.807, 2.05) is 0 Å². The highest BCUT2D eigenvalue weighted by Gasteiger charge is 2.21. The van der Waals surface area contributed by atoms with Crippen LogP contribution in [0.1, 0.15) is 38.3 Å². The smallest absolute Gasteiger partial charge is 0.295 e. The summed E-state index contributed by atoms with van der Waals surface area (Å²) in [5.74, 6) is 0.713. The standard InChI is InChI=1S/C13H17N3O2/c1-2-9-14-12-8-7-11(16(17)18)13(15-12)10-5-3-4-6-10/h5,7-8H,2-4,6,9H2,1H3,(H,14,15). The van der Waals surface area contributed by atoms with Gasteiger partial charge in [-0.2, -0.15) is 0 Å². The molecule has 0 saturated carbocycles. The average Bonchev–Trinajstić information content (AvgIpc) is 2.89. The summed E-state index contributed by atoms with van der Waals surface area (Å²) in [6.45, 7) is 2.89. The van der Waals surface area contributed by atoms with Gasteiger partial charge >= 0.3 is 0 Å². The lowest BCUT2D eigenvalue weighted by molar-refractivity contribution is -0.385. The molecule has 0 atom stereocenters. The van der Waals surface area contributed by atoms with Gasteiger partial charge in [0.15, 0.2) is 0 Å². The van der Waals surface area contributed by atoms with Crippen LogP contribution in [0.5, 0.6) is 0 Å². The van der Waals surface area contributed by atoms with Crippen molar-refractivity contribution in [3.05, 3.63) is 34.0 Å². The van der Waals surface area contributed by atoms with Crippen LogP contribution < -0.4 is 5.32 Å². The second-order valence-electron chi connectivity index (χ2n) is 4.37. The van der Waals surface area contributed by atoms with Gasteiger partial charge in [-0.25, -0.2) is 4.98 Å². The maximum Gasteiger partial charge on any atom is 0.295 e. The number of nitrogens with zero attached hydrogens (tertiary/aromatic N) is 2. The summed E-state index contributed by atoms with van der Waals surface area (Å²) in [5, 5.41) is 14.2. The van der Waals surface area contributed by atoms with E-state index in [2.05, 4.69) is 23.3 Å². The minimum atomic E-state index is -0.356. The van der Waals surface area contributed by atoms with Gasteiger partial charge in [0.05, 0.1) is 4.92 Å². The molecule has 2 rings (SSSR count). The number of nitro groups is 1. The van der Waals surface area contributed by atoms with Gasteiger partial charge in [0.1, 0.15) is 11.5 Å². The predicted octanol–water partition coefficient (Wildman–Crippen LogP) is 3.38. The molecule has 0 bridgehead atoms. The lowest BCUT2D eigenvalue weighted by Crippen LogP contribution is -2.05. The van der Waals surface area contributed by atoms with Crippen LogP contribution in [0.4, 0.5) is 11.5 Å². The number of hydrogen-bond acceptors (Lipinski definition) is 4. The molecule has 0 radical (unpaired) electrons. The summed E-state index contributed by atoms with van der Waals surface area (Å²) in [6.07, 6.45) is 5.97. The van der Waals surface area contributed by atoms with E-state index in [4.69, 9.17) is 0 Å². The molecule has 0 amide bonds. The van der Waals surface area contributed by atoms with E-state index in [0.717, 1.165) is 37.8 Å². The Morgan fingerprint density at radius 1 is 1.50 bits per heavy atom. The Bertz CT molecular complexity index is 483. The first kappa shape index (κ1) is 12.5. The molecule has 0 unspecified atom stereocenters. The molecule has 96 valence electrons. The summed E-state index contributed by atoms with van der Waals surface area (Å²) < 4.78 is 0. The van der Waals surface area contributed by atoms with E-state index in [-0.39, 0.29) is 10.6 Å². The van der Waals surface area contributed by atoms with Crippen molar-refractivity contribution in [1.29, 1.82) is 0 Å². The number of hydrogen-bond donors (Lipinski definition) is 1. The van der Waals surface area contributed by atoms with Crippen LogP contribution in [0.2, 0.25) is 0 Å². The van der Waals surface area contributed by atoms with Crippen molar-refractivity contribution in [2.75, 3.05) is 11.9 Å². The van der Waals surface area contributed by atoms with E-state index < -0.39 is 0 Å². The van der Waals surface area contributed by atoms with Crippen molar-refractivity contribution in [2.24, 2.45) is 0 Å². The molecule has 0 spiro atoms. The van der Waals surface area contributed by atoms with Crippen LogP contribution in [0, 0.1) is 10.1 Å². The fourth-order valence-corrected chi connectivity index (χ4v) is 2.07. The summed E-state index contributed by atoms with van der Waals surface area (Å²) in [6, 6.07) is 3.21. The maximum absolute atomic E-state index is 11.0. The third-order valence-corrected chi connectivity index (χ3v) is 2.97. The normalized spacial score (nSPS) is 14.4. The molecule has 1 aliphatic rings. The molecular weight excluding hydrogens is 230 g/mol. The highest BCUT2D eigenvalue weighted by Crippen LogP contribution is 2.32. The summed E-state index contributed by atoms with van der Waals surface area (Å²) in [7, 11) is 0. The van der Waals surface area contributed by atoms with Crippen LogP contribution in [0.3, 0.4) is 0 Å². The van der Waals surface area contributed by atoms with Gasteiger partial charge in [-0.05, 0) is 37.3 Å². The molecule has 18 heavy (non-hydrogen) atoms. The van der Waals surface area contributed by atoms with Gasteiger partial charge < -0.3 is 5.32 Å². The Morgan fingerprint density at radius 2 is 2.33 bits per heavy atom. The minimum absolute atomic E-state index is 0.102. The van der Waals surface area contributed by atoms with Gasteiger partial charge in [-0.1, -0.05) is 13.0 Å². The fraction of sp³-hybridized carbons (Fsp3) is 0.462. The van der Waals surface area contributed by atoms with Crippen molar-refractivity contribution in [3.8, 4) is 0 Å². The van der Waals surface area contributed by atoms with E-state index in [0.29, 0.717) is 11.5 Å². The Balaban J connectivity index is 2.34. The quantitative estimate of drug-likeness (QED) is 0.639. The van der Waals surface area contributed by atoms with E-state index >= 15 is 0 Å². The van der Waals surface area contributed by atoms with Crippen molar-refractivity contribution >= 4 is 17.1 Å². The molecular formula is C13H17N3O2. The van der Waals surface area contributed by atoms with E-state index in [9.17, 15) is 10.1 Å². The van der Waals surface area contributed by atoms with Crippen LogP contribution in [0.15, 0.2) is 18.2 Å². The Kier molecular flexibility index (Phi) is 3.92. The molecule has 1 N–H and O–H groups in total. The van der Waals surface area contributed by atoms with Gasteiger partial charge in [-0.3, -0.25) is 10.1 Å². The second kappa shape index (κ2) is 5.62. The van der Waals surface area contributed by atoms with Crippen molar-refractivity contribution in [2.45, 2.75) is 32.6 Å². The topological polar surface area (TPSA) is 68.1 Å². The number of anilines is 1. The fourth-order valence-electron chi connectivity index (χ4n) is 2.07. The van der Waals surface area contributed by atoms with E-state index in [1.54, 1.807) is 12.1 Å². The zero-order valence-corrected chi connectivity index (χ0v) is 10.5. The average molecular weight is 247 g/mol. The van der Waals surface area contributed by atoms with Crippen molar-refractivity contribution in [3.63, 3.8) is 0 Å². The predicted molar refractivity (Wildman–Crippen MR) is 71.5 cm³/mol. The Morgan fingerprint density at radius 3 is 2.94 bits per heavy atom. The number of rotatable bonds is 5. The van der Waals surface area contributed by atoms with Crippen LogP contribution >= 0.6 is 0 Å². The molecule has 5 nitrogen and oxygen atoms in total. The molecule has 0 saturated heterocycles. The Hall–Kier alpha value is -1.91. The monoisotopic (exact) mass is 247 g/mol. The molecule has 0 fully saturated rings. The second-order valence-corrected chi connectivity index (χ2v) is 4.37. The third kappa shape index (κ3) is 2.67. The minimum Gasteiger partial charge on any atom is -0.370 e. The van der Waals surface area contributed by atoms with Crippen LogP contribution in [-0.4, -0.2) is 16.5 Å². The molecule has 5 heteroatoms. The zero-order valence-electron chi connectivity index (χ0n) is 10.5. The van der Waals surface area contributed by atoms with E-state index in [1.165, 1.54) is 0 Å². The first-order valence-electron chi connectivity index (χ1n) is 6.31. The Labute approximate surface area is 106 Å². The first-order valence-corrected chi connectivity index (χ1v) is 6.31. The molecule has 0 aromatic carbocycles. The summed E-state index contributed by atoms with van der Waals surface area (Å²) in [4.78, 5) is 15.1. The largest absolute Gasteiger partial charge is 0.370 e. The molecule has 0 aliphatic heterocycles. The zero-order chi connectivity index (χ0) is 13.0. The SMILES string of the molecule is CCCNc1ccc([N+](=O)[O-])c(C2=CCCC2)n1. The van der Waals surface area contributed by atoms with Gasteiger partial charge in [0.25, 0.3) is 5.69 Å². The first-order chi connectivity index (χ1) is 8.72. The molecule has 1 aromatic heterocycles. The van der Waals surface area contributed by atoms with Crippen LogP contribution in [-0.2, 0) is 0 Å². The highest BCUT2D eigenvalue weighted by molar-refractivity contribution is 5.72.